The maximum Gasteiger partial charge on any atom is 0.397 e. The molecule has 0 aromatic carbocycles. The SMILES string of the molecule is CCCCCCCCCCCCCCCCCCCCC(=O)NC(COC1OC(CO)C(O)C(OS(=O)(=O)O)C1O)C(O)CCCCCCCCCCCCC. The molecule has 334 valence electrons. The molecular formula is C43H85NO11S. The Labute approximate surface area is 341 Å². The van der Waals surface area contributed by atoms with E-state index in [1.54, 1.807) is 0 Å². The van der Waals surface area contributed by atoms with Crippen molar-refractivity contribution < 1.29 is 51.8 Å². The van der Waals surface area contributed by atoms with Crippen LogP contribution < -0.4 is 5.32 Å². The smallest absolute Gasteiger partial charge is 0.394 e. The summed E-state index contributed by atoms with van der Waals surface area (Å²) in [5, 5.41) is 44.7. The van der Waals surface area contributed by atoms with Gasteiger partial charge in [-0.2, -0.15) is 8.42 Å². The van der Waals surface area contributed by atoms with Crippen LogP contribution in [0.15, 0.2) is 0 Å². The minimum atomic E-state index is -5.07. The van der Waals surface area contributed by atoms with E-state index in [0.717, 1.165) is 51.4 Å². The van der Waals surface area contributed by atoms with Gasteiger partial charge in [0.1, 0.15) is 24.4 Å². The van der Waals surface area contributed by atoms with Crippen LogP contribution in [0.2, 0.25) is 0 Å². The molecule has 1 heterocycles. The van der Waals surface area contributed by atoms with Crippen LogP contribution in [0.3, 0.4) is 0 Å². The Morgan fingerprint density at radius 1 is 0.643 bits per heavy atom. The van der Waals surface area contributed by atoms with E-state index >= 15 is 0 Å². The van der Waals surface area contributed by atoms with E-state index in [-0.39, 0.29) is 12.5 Å². The van der Waals surface area contributed by atoms with E-state index in [2.05, 4.69) is 23.3 Å². The highest BCUT2D eigenvalue weighted by Crippen LogP contribution is 2.26. The van der Waals surface area contributed by atoms with Gasteiger partial charge in [0.15, 0.2) is 6.29 Å². The number of aliphatic hydroxyl groups is 4. The van der Waals surface area contributed by atoms with E-state index in [9.17, 15) is 33.6 Å². The van der Waals surface area contributed by atoms with Gasteiger partial charge in [-0.15, -0.1) is 0 Å². The number of aliphatic hydroxyl groups excluding tert-OH is 4. The molecule has 0 saturated carbocycles. The van der Waals surface area contributed by atoms with Crippen molar-refractivity contribution in [2.75, 3.05) is 13.2 Å². The van der Waals surface area contributed by atoms with E-state index in [1.807, 2.05) is 0 Å². The molecule has 0 aromatic heterocycles. The third-order valence-corrected chi connectivity index (χ3v) is 11.6. The van der Waals surface area contributed by atoms with E-state index in [0.29, 0.717) is 12.8 Å². The summed E-state index contributed by atoms with van der Waals surface area (Å²) in [6.07, 6.45) is 26.8. The van der Waals surface area contributed by atoms with Crippen LogP contribution in [0.4, 0.5) is 0 Å². The second kappa shape index (κ2) is 34.9. The second-order valence-corrected chi connectivity index (χ2v) is 17.4. The zero-order chi connectivity index (χ0) is 41.3. The van der Waals surface area contributed by atoms with Crippen molar-refractivity contribution in [2.24, 2.45) is 0 Å². The molecule has 6 N–H and O–H groups in total. The van der Waals surface area contributed by atoms with E-state index in [1.165, 1.54) is 135 Å². The quantitative estimate of drug-likeness (QED) is 0.0257. The van der Waals surface area contributed by atoms with Gasteiger partial charge in [0.05, 0.1) is 25.4 Å². The summed E-state index contributed by atoms with van der Waals surface area (Å²) in [6, 6.07) is -0.850. The summed E-state index contributed by atoms with van der Waals surface area (Å²) in [7, 11) is -5.07. The van der Waals surface area contributed by atoms with Gasteiger partial charge in [-0.3, -0.25) is 9.35 Å². The van der Waals surface area contributed by atoms with Gasteiger partial charge in [-0.05, 0) is 12.8 Å². The van der Waals surface area contributed by atoms with Gasteiger partial charge in [-0.25, -0.2) is 4.18 Å². The third kappa shape index (κ3) is 27.7. The molecule has 0 radical (unpaired) electrons. The lowest BCUT2D eigenvalue weighted by Gasteiger charge is -2.41. The van der Waals surface area contributed by atoms with Crippen LogP contribution in [0.1, 0.15) is 213 Å². The topological polar surface area (TPSA) is 192 Å². The average molecular weight is 824 g/mol. The first-order valence-corrected chi connectivity index (χ1v) is 24.3. The molecule has 0 aliphatic carbocycles. The Morgan fingerprint density at radius 2 is 1.04 bits per heavy atom. The van der Waals surface area contributed by atoms with Crippen molar-refractivity contribution in [1.29, 1.82) is 0 Å². The summed E-state index contributed by atoms with van der Waals surface area (Å²) < 4.78 is 47.6. The Bertz CT molecular complexity index is 1020. The number of unbranched alkanes of at least 4 members (excludes halogenated alkanes) is 27. The van der Waals surface area contributed by atoms with Crippen molar-refractivity contribution in [2.45, 2.75) is 256 Å². The zero-order valence-electron chi connectivity index (χ0n) is 35.5. The number of ether oxygens (including phenoxy) is 2. The fraction of sp³-hybridized carbons (Fsp3) is 0.977. The molecule has 1 saturated heterocycles. The number of hydrogen-bond acceptors (Lipinski definition) is 10. The average Bonchev–Trinajstić information content (AvgIpc) is 3.16. The lowest BCUT2D eigenvalue weighted by molar-refractivity contribution is -0.298. The van der Waals surface area contributed by atoms with Crippen LogP contribution in [-0.4, -0.2) is 95.4 Å². The van der Waals surface area contributed by atoms with Crippen LogP contribution in [-0.2, 0) is 28.9 Å². The molecule has 7 unspecified atom stereocenters. The first-order chi connectivity index (χ1) is 27.0. The van der Waals surface area contributed by atoms with Crippen LogP contribution in [0.25, 0.3) is 0 Å². The second-order valence-electron chi connectivity index (χ2n) is 16.4. The maximum atomic E-state index is 13.0. The number of rotatable bonds is 39. The van der Waals surface area contributed by atoms with Crippen molar-refractivity contribution in [1.82, 2.24) is 5.32 Å². The Kier molecular flexibility index (Phi) is 33.1. The third-order valence-electron chi connectivity index (χ3n) is 11.2. The lowest BCUT2D eigenvalue weighted by Crippen LogP contribution is -2.61. The molecule has 1 amide bonds. The normalized spacial score (nSPS) is 21.3. The van der Waals surface area contributed by atoms with Crippen molar-refractivity contribution >= 4 is 16.3 Å². The van der Waals surface area contributed by atoms with Crippen molar-refractivity contribution in [3.05, 3.63) is 0 Å². The highest BCUT2D eigenvalue weighted by Gasteiger charge is 2.48. The highest BCUT2D eigenvalue weighted by molar-refractivity contribution is 7.80. The minimum absolute atomic E-state index is 0.227. The number of amides is 1. The van der Waals surface area contributed by atoms with E-state index < -0.39 is 59.9 Å². The van der Waals surface area contributed by atoms with Crippen LogP contribution >= 0.6 is 0 Å². The molecule has 0 bridgehead atoms. The van der Waals surface area contributed by atoms with Crippen LogP contribution in [0.5, 0.6) is 0 Å². The molecule has 0 spiro atoms. The number of carbonyl (C=O) groups is 1. The molecule has 7 atom stereocenters. The number of hydrogen-bond donors (Lipinski definition) is 6. The molecule has 12 nitrogen and oxygen atoms in total. The maximum absolute atomic E-state index is 13.0. The monoisotopic (exact) mass is 824 g/mol. The minimum Gasteiger partial charge on any atom is -0.394 e. The van der Waals surface area contributed by atoms with Gasteiger partial charge in [-0.1, -0.05) is 194 Å². The predicted octanol–water partition coefficient (Wildman–Crippen LogP) is 8.61. The molecule has 56 heavy (non-hydrogen) atoms. The molecule has 13 heteroatoms. The van der Waals surface area contributed by atoms with Gasteiger partial charge in [0, 0.05) is 6.42 Å². The fourth-order valence-electron chi connectivity index (χ4n) is 7.58. The summed E-state index contributed by atoms with van der Waals surface area (Å²) in [5.74, 6) is -0.227. The molecule has 1 aliphatic rings. The molecule has 0 aromatic rings. The lowest BCUT2D eigenvalue weighted by atomic mass is 9.99. The van der Waals surface area contributed by atoms with Crippen molar-refractivity contribution in [3.63, 3.8) is 0 Å². The van der Waals surface area contributed by atoms with Gasteiger partial charge in [0.25, 0.3) is 0 Å². The largest absolute Gasteiger partial charge is 0.397 e. The highest BCUT2D eigenvalue weighted by atomic mass is 32.3. The van der Waals surface area contributed by atoms with Gasteiger partial charge in [0.2, 0.25) is 5.91 Å². The number of nitrogens with one attached hydrogen (secondary N) is 1. The molecule has 1 fully saturated rings. The van der Waals surface area contributed by atoms with E-state index in [4.69, 9.17) is 14.0 Å². The molecular weight excluding hydrogens is 739 g/mol. The summed E-state index contributed by atoms with van der Waals surface area (Å²) in [6.45, 7) is 3.44. The van der Waals surface area contributed by atoms with Gasteiger partial charge >= 0.3 is 10.4 Å². The number of carbonyl (C=O) groups excluding carboxylic acids is 1. The fourth-order valence-corrected chi connectivity index (χ4v) is 8.09. The van der Waals surface area contributed by atoms with Crippen molar-refractivity contribution in [3.8, 4) is 0 Å². The Morgan fingerprint density at radius 3 is 1.43 bits per heavy atom. The Hall–Kier alpha value is -0.900. The first kappa shape index (κ1) is 53.1. The molecule has 1 rings (SSSR count). The predicted molar refractivity (Wildman–Crippen MR) is 223 cm³/mol. The van der Waals surface area contributed by atoms with Gasteiger partial charge < -0.3 is 35.2 Å². The summed E-state index contributed by atoms with van der Waals surface area (Å²) >= 11 is 0. The summed E-state index contributed by atoms with van der Waals surface area (Å²) in [4.78, 5) is 13.0. The van der Waals surface area contributed by atoms with Crippen LogP contribution in [0, 0.1) is 0 Å². The Balaban J connectivity index is 2.46. The summed E-state index contributed by atoms with van der Waals surface area (Å²) in [5.41, 5.74) is 0. The first-order valence-electron chi connectivity index (χ1n) is 22.9. The molecule has 1 aliphatic heterocycles. The zero-order valence-corrected chi connectivity index (χ0v) is 36.3. The standard InChI is InChI=1S/C43H85NO11S/c1-3-5-7-9-11-13-15-16-17-18-19-20-21-23-25-27-29-31-33-39(47)44-36(37(46)32-30-28-26-24-22-14-12-10-8-6-4-2)35-53-43-41(49)42(55-56(50,51)52)40(48)38(34-45)54-43/h36-38,40-43,45-46,48-49H,3-35H2,1-2H3,(H,44,47)(H,50,51,52).